The van der Waals surface area contributed by atoms with Crippen LogP contribution in [0.3, 0.4) is 0 Å². The van der Waals surface area contributed by atoms with Crippen molar-refractivity contribution in [2.24, 2.45) is 5.92 Å². The van der Waals surface area contributed by atoms with Crippen LogP contribution in [0.15, 0.2) is 18.2 Å². The average Bonchev–Trinajstić information content (AvgIpc) is 2.37. The molecule has 1 aromatic rings. The number of carbonyl (C=O) groups excluding carboxylic acids is 1. The molecular formula is C18H30N2O3. The highest BCUT2D eigenvalue weighted by molar-refractivity contribution is 5.87. The third-order valence-electron chi connectivity index (χ3n) is 3.08. The van der Waals surface area contributed by atoms with Crippen LogP contribution in [0.1, 0.15) is 48.0 Å². The van der Waals surface area contributed by atoms with Gasteiger partial charge in [-0.15, -0.1) is 0 Å². The maximum Gasteiger partial charge on any atom is 0.412 e. The predicted molar refractivity (Wildman–Crippen MR) is 95.4 cm³/mol. The van der Waals surface area contributed by atoms with E-state index in [1.165, 1.54) is 0 Å². The van der Waals surface area contributed by atoms with Gasteiger partial charge in [0.2, 0.25) is 0 Å². The molecule has 130 valence electrons. The molecule has 0 spiro atoms. The van der Waals surface area contributed by atoms with E-state index in [4.69, 9.17) is 9.47 Å². The number of hydrogen-bond donors (Lipinski definition) is 2. The minimum atomic E-state index is -0.537. The second kappa shape index (κ2) is 8.09. The van der Waals surface area contributed by atoms with Gasteiger partial charge in [0.15, 0.2) is 0 Å². The van der Waals surface area contributed by atoms with Crippen molar-refractivity contribution >= 4 is 17.5 Å². The van der Waals surface area contributed by atoms with Crippen LogP contribution in [0.2, 0.25) is 0 Å². The summed E-state index contributed by atoms with van der Waals surface area (Å²) in [4.78, 5) is 11.9. The molecule has 0 saturated carbocycles. The van der Waals surface area contributed by atoms with Crippen LogP contribution >= 0.6 is 0 Å². The number of benzene rings is 1. The molecule has 0 bridgehead atoms. The molecule has 1 unspecified atom stereocenters. The average molecular weight is 322 g/mol. The summed E-state index contributed by atoms with van der Waals surface area (Å²) in [7, 11) is 1.58. The molecule has 2 N–H and O–H groups in total. The summed E-state index contributed by atoms with van der Waals surface area (Å²) in [5, 5.41) is 6.16. The summed E-state index contributed by atoms with van der Waals surface area (Å²) in [5.41, 5.74) is 1.01. The number of rotatable bonds is 6. The summed E-state index contributed by atoms with van der Waals surface area (Å²) in [5.74, 6) is 1.23. The van der Waals surface area contributed by atoms with Gasteiger partial charge in [0, 0.05) is 17.8 Å². The Kier molecular flexibility index (Phi) is 6.73. The van der Waals surface area contributed by atoms with E-state index >= 15 is 0 Å². The first-order valence-corrected chi connectivity index (χ1v) is 8.05. The summed E-state index contributed by atoms with van der Waals surface area (Å²) in [6.45, 7) is 12.0. The lowest BCUT2D eigenvalue weighted by Gasteiger charge is -2.21. The molecular weight excluding hydrogens is 292 g/mol. The highest BCUT2D eigenvalue weighted by atomic mass is 16.6. The van der Waals surface area contributed by atoms with E-state index < -0.39 is 11.7 Å². The van der Waals surface area contributed by atoms with Gasteiger partial charge in [-0.2, -0.15) is 0 Å². The van der Waals surface area contributed by atoms with E-state index in [1.54, 1.807) is 7.11 Å². The highest BCUT2D eigenvalue weighted by Gasteiger charge is 2.17. The maximum atomic E-state index is 11.9. The van der Waals surface area contributed by atoms with E-state index in [1.807, 2.05) is 39.0 Å². The Morgan fingerprint density at radius 2 is 1.87 bits per heavy atom. The van der Waals surface area contributed by atoms with Gasteiger partial charge < -0.3 is 14.8 Å². The molecule has 23 heavy (non-hydrogen) atoms. The van der Waals surface area contributed by atoms with E-state index in [-0.39, 0.29) is 0 Å². The van der Waals surface area contributed by atoms with Crippen molar-refractivity contribution in [3.8, 4) is 5.75 Å². The summed E-state index contributed by atoms with van der Waals surface area (Å²) >= 11 is 0. The number of hydrogen-bond acceptors (Lipinski definition) is 4. The monoisotopic (exact) mass is 322 g/mol. The van der Waals surface area contributed by atoms with Crippen molar-refractivity contribution in [1.29, 1.82) is 0 Å². The number of anilines is 2. The minimum Gasteiger partial charge on any atom is -0.494 e. The number of methoxy groups -OCH3 is 1. The lowest BCUT2D eigenvalue weighted by molar-refractivity contribution is 0.0635. The van der Waals surface area contributed by atoms with Gasteiger partial charge in [-0.1, -0.05) is 13.8 Å². The fourth-order valence-electron chi connectivity index (χ4n) is 2.35. The normalized spacial score (nSPS) is 12.7. The lowest BCUT2D eigenvalue weighted by atomic mass is 10.1. The van der Waals surface area contributed by atoms with Crippen LogP contribution in [0.5, 0.6) is 5.75 Å². The molecule has 0 heterocycles. The Hall–Kier alpha value is -1.91. The number of amides is 1. The molecule has 0 saturated heterocycles. The first kappa shape index (κ1) is 19.1. The third-order valence-corrected chi connectivity index (χ3v) is 3.08. The molecule has 0 aliphatic rings. The fourth-order valence-corrected chi connectivity index (χ4v) is 2.35. The number of nitrogens with one attached hydrogen (secondary N) is 2. The molecule has 1 rings (SSSR count). The Morgan fingerprint density at radius 3 is 2.39 bits per heavy atom. The van der Waals surface area contributed by atoms with Crippen LogP contribution in [0, 0.1) is 5.92 Å². The molecule has 0 aliphatic heterocycles. The van der Waals surface area contributed by atoms with Crippen molar-refractivity contribution in [3.05, 3.63) is 18.2 Å². The molecule has 1 aromatic carbocycles. The second-order valence-corrected chi connectivity index (χ2v) is 7.22. The molecule has 5 nitrogen and oxygen atoms in total. The smallest absolute Gasteiger partial charge is 0.412 e. The van der Waals surface area contributed by atoms with Crippen molar-refractivity contribution in [3.63, 3.8) is 0 Å². The summed E-state index contributed by atoms with van der Waals surface area (Å²) < 4.78 is 10.6. The molecule has 1 atom stereocenters. The van der Waals surface area contributed by atoms with Crippen LogP contribution < -0.4 is 15.4 Å². The van der Waals surface area contributed by atoms with Crippen LogP contribution in [-0.2, 0) is 4.74 Å². The van der Waals surface area contributed by atoms with E-state index in [0.29, 0.717) is 23.4 Å². The Morgan fingerprint density at radius 1 is 1.22 bits per heavy atom. The van der Waals surface area contributed by atoms with Crippen LogP contribution in [0.25, 0.3) is 0 Å². The maximum absolute atomic E-state index is 11.9. The van der Waals surface area contributed by atoms with Crippen molar-refractivity contribution in [1.82, 2.24) is 0 Å². The van der Waals surface area contributed by atoms with Gasteiger partial charge in [-0.25, -0.2) is 4.79 Å². The van der Waals surface area contributed by atoms with Crippen LogP contribution in [0.4, 0.5) is 16.2 Å². The Bertz CT molecular complexity index is 521. The first-order chi connectivity index (χ1) is 10.6. The van der Waals surface area contributed by atoms with Crippen molar-refractivity contribution in [2.75, 3.05) is 17.7 Å². The number of ether oxygens (including phenoxy) is 2. The Labute approximate surface area is 139 Å². The summed E-state index contributed by atoms with van der Waals surface area (Å²) in [6, 6.07) is 5.98. The molecule has 1 amide bonds. The molecule has 5 heteroatoms. The SMILES string of the molecule is COc1cc(NC(C)CC(C)C)ccc1NC(=O)OC(C)(C)C. The number of carbonyl (C=O) groups is 1. The standard InChI is InChI=1S/C18H30N2O3/c1-12(2)10-13(3)19-14-8-9-15(16(11-14)22-7)20-17(21)23-18(4,5)6/h8-9,11-13,19H,10H2,1-7H3,(H,20,21). The second-order valence-electron chi connectivity index (χ2n) is 7.22. The zero-order valence-corrected chi connectivity index (χ0v) is 15.3. The van der Waals surface area contributed by atoms with Gasteiger partial charge in [0.25, 0.3) is 0 Å². The topological polar surface area (TPSA) is 59.6 Å². The molecule has 0 aromatic heterocycles. The highest BCUT2D eigenvalue weighted by Crippen LogP contribution is 2.29. The predicted octanol–water partition coefficient (Wildman–Crippen LogP) is 4.89. The first-order valence-electron chi connectivity index (χ1n) is 8.05. The van der Waals surface area contributed by atoms with Gasteiger partial charge in [0.1, 0.15) is 11.4 Å². The zero-order valence-electron chi connectivity index (χ0n) is 15.3. The van der Waals surface area contributed by atoms with Gasteiger partial charge in [-0.05, 0) is 52.2 Å². The van der Waals surface area contributed by atoms with Crippen LogP contribution in [-0.4, -0.2) is 24.8 Å². The fraction of sp³-hybridized carbons (Fsp3) is 0.611. The largest absolute Gasteiger partial charge is 0.494 e. The third kappa shape index (κ3) is 7.26. The van der Waals surface area contributed by atoms with Gasteiger partial charge in [0.05, 0.1) is 12.8 Å². The molecule has 0 fully saturated rings. The molecule has 0 aliphatic carbocycles. The quantitative estimate of drug-likeness (QED) is 0.783. The molecule has 0 radical (unpaired) electrons. The van der Waals surface area contributed by atoms with E-state index in [2.05, 4.69) is 31.4 Å². The van der Waals surface area contributed by atoms with Gasteiger partial charge in [-0.3, -0.25) is 5.32 Å². The zero-order chi connectivity index (χ0) is 17.6. The minimum absolute atomic E-state index is 0.365. The van der Waals surface area contributed by atoms with E-state index in [9.17, 15) is 4.79 Å². The Balaban J connectivity index is 2.78. The van der Waals surface area contributed by atoms with Crippen molar-refractivity contribution < 1.29 is 14.3 Å². The lowest BCUT2D eigenvalue weighted by Crippen LogP contribution is -2.27. The van der Waals surface area contributed by atoms with Crippen molar-refractivity contribution in [2.45, 2.75) is 59.6 Å². The summed E-state index contributed by atoms with van der Waals surface area (Å²) in [6.07, 6.45) is 0.588. The van der Waals surface area contributed by atoms with E-state index in [0.717, 1.165) is 12.1 Å². The van der Waals surface area contributed by atoms with Gasteiger partial charge >= 0.3 is 6.09 Å².